The number of carbonyl (C=O) groups is 2. The van der Waals surface area contributed by atoms with Crippen molar-refractivity contribution in [3.8, 4) is 0 Å². The van der Waals surface area contributed by atoms with Crippen LogP contribution < -0.4 is 10.2 Å². The molecular weight excluding hydrogens is 337 g/mol. The number of aromatic amines is 1. The first-order valence-electron chi connectivity index (χ1n) is 9.09. The molecule has 0 unspecified atom stereocenters. The number of esters is 1. The van der Waals surface area contributed by atoms with Gasteiger partial charge in [-0.15, -0.1) is 0 Å². The number of H-pyrrole nitrogens is 1. The van der Waals surface area contributed by atoms with Crippen molar-refractivity contribution in [3.05, 3.63) is 29.7 Å². The third-order valence-electron chi connectivity index (χ3n) is 4.90. The average molecular weight is 362 g/mol. The van der Waals surface area contributed by atoms with Gasteiger partial charge in [-0.05, 0) is 43.9 Å². The summed E-state index contributed by atoms with van der Waals surface area (Å²) in [5.74, 6) is -0.490. The fourth-order valence-corrected chi connectivity index (χ4v) is 3.41. The summed E-state index contributed by atoms with van der Waals surface area (Å²) in [5, 5.41) is 3.26. The second-order valence-electron chi connectivity index (χ2n) is 6.94. The number of hydrogen-bond donors (Lipinski definition) is 3. The molecule has 2 aromatic rings. The number of benzene rings is 1. The van der Waals surface area contributed by atoms with Gasteiger partial charge in [0.15, 0.2) is 6.54 Å². The Bertz CT molecular complexity index is 810. The Labute approximate surface area is 151 Å². The highest BCUT2D eigenvalue weighted by Crippen LogP contribution is 2.29. The number of amides is 1. The monoisotopic (exact) mass is 362 g/mol. The molecule has 0 saturated carbocycles. The van der Waals surface area contributed by atoms with Gasteiger partial charge in [-0.2, -0.15) is 0 Å². The third kappa shape index (κ3) is 4.04. The lowest BCUT2D eigenvalue weighted by Gasteiger charge is -2.26. The van der Waals surface area contributed by atoms with E-state index in [1.54, 1.807) is 13.0 Å². The number of piperidine rings is 1. The largest absolute Gasteiger partial charge is 0.461 e. The van der Waals surface area contributed by atoms with E-state index >= 15 is 0 Å². The maximum Gasteiger partial charge on any atom is 0.356 e. The lowest BCUT2D eigenvalue weighted by Crippen LogP contribution is -3.14. The van der Waals surface area contributed by atoms with E-state index in [1.807, 2.05) is 0 Å². The third-order valence-corrected chi connectivity index (χ3v) is 4.90. The summed E-state index contributed by atoms with van der Waals surface area (Å²) in [6, 6.07) is 4.15. The van der Waals surface area contributed by atoms with Crippen molar-refractivity contribution in [3.63, 3.8) is 0 Å². The molecule has 3 N–H and O–H groups in total. The van der Waals surface area contributed by atoms with Crippen molar-refractivity contribution >= 4 is 28.5 Å². The number of halogens is 1. The zero-order chi connectivity index (χ0) is 18.7. The molecule has 0 aliphatic carbocycles. The van der Waals surface area contributed by atoms with E-state index < -0.39 is 11.8 Å². The molecule has 0 radical (unpaired) electrons. The quantitative estimate of drug-likeness (QED) is 0.709. The van der Waals surface area contributed by atoms with E-state index in [-0.39, 0.29) is 23.9 Å². The van der Waals surface area contributed by atoms with Crippen LogP contribution in [0.4, 0.5) is 10.1 Å². The molecule has 0 bridgehead atoms. The van der Waals surface area contributed by atoms with Gasteiger partial charge in [-0.25, -0.2) is 9.18 Å². The van der Waals surface area contributed by atoms with Crippen LogP contribution in [0.15, 0.2) is 18.2 Å². The lowest BCUT2D eigenvalue weighted by atomic mass is 9.99. The van der Waals surface area contributed by atoms with E-state index in [4.69, 9.17) is 4.74 Å². The number of hydrogen-bond acceptors (Lipinski definition) is 3. The Morgan fingerprint density at radius 1 is 1.35 bits per heavy atom. The first-order chi connectivity index (χ1) is 12.5. The molecule has 140 valence electrons. The van der Waals surface area contributed by atoms with Crippen LogP contribution in [0.2, 0.25) is 0 Å². The SMILES string of the molecule is CCOC(=O)c1[nH]c2ccc(F)cc2c1NC(=O)C[NH+]1CCC(C)CC1. The van der Waals surface area contributed by atoms with Crippen LogP contribution in [0.5, 0.6) is 0 Å². The first-order valence-corrected chi connectivity index (χ1v) is 9.09. The lowest BCUT2D eigenvalue weighted by molar-refractivity contribution is -0.897. The van der Waals surface area contributed by atoms with Crippen molar-refractivity contribution in [2.45, 2.75) is 26.7 Å². The fourth-order valence-electron chi connectivity index (χ4n) is 3.41. The van der Waals surface area contributed by atoms with Crippen LogP contribution in [0.25, 0.3) is 10.9 Å². The number of fused-ring (bicyclic) bond motifs is 1. The standard InChI is InChI=1S/C19H24FN3O3/c1-3-26-19(25)18-17(14-10-13(20)4-5-15(14)21-18)22-16(24)11-23-8-6-12(2)7-9-23/h4-5,10,12,21H,3,6-9,11H2,1-2H3,(H,22,24)/p+1. The number of ether oxygens (including phenoxy) is 1. The second-order valence-corrected chi connectivity index (χ2v) is 6.94. The predicted octanol–water partition coefficient (Wildman–Crippen LogP) is 1.74. The maximum absolute atomic E-state index is 13.7. The molecule has 3 rings (SSSR count). The Balaban J connectivity index is 1.82. The average Bonchev–Trinajstić information content (AvgIpc) is 2.95. The van der Waals surface area contributed by atoms with E-state index in [9.17, 15) is 14.0 Å². The van der Waals surface area contributed by atoms with E-state index in [0.717, 1.165) is 25.9 Å². The molecule has 1 aliphatic rings. The van der Waals surface area contributed by atoms with Gasteiger partial charge >= 0.3 is 5.97 Å². The molecule has 0 atom stereocenters. The van der Waals surface area contributed by atoms with Crippen LogP contribution in [0.1, 0.15) is 37.2 Å². The van der Waals surface area contributed by atoms with Crippen molar-refractivity contribution in [2.24, 2.45) is 5.92 Å². The van der Waals surface area contributed by atoms with Gasteiger partial charge in [-0.1, -0.05) is 6.92 Å². The zero-order valence-electron chi connectivity index (χ0n) is 15.2. The molecule has 1 amide bonds. The van der Waals surface area contributed by atoms with Gasteiger partial charge in [-0.3, -0.25) is 4.79 Å². The minimum atomic E-state index is -0.571. The van der Waals surface area contributed by atoms with Crippen molar-refractivity contribution in [2.75, 3.05) is 31.6 Å². The molecule has 0 spiro atoms. The van der Waals surface area contributed by atoms with Crippen LogP contribution >= 0.6 is 0 Å². The molecule has 2 heterocycles. The second kappa shape index (κ2) is 7.86. The van der Waals surface area contributed by atoms with E-state index in [2.05, 4.69) is 17.2 Å². The maximum atomic E-state index is 13.7. The van der Waals surface area contributed by atoms with Crippen LogP contribution in [-0.4, -0.2) is 43.1 Å². The number of aromatic nitrogens is 1. The number of rotatable bonds is 5. The summed E-state index contributed by atoms with van der Waals surface area (Å²) in [6.07, 6.45) is 2.21. The number of quaternary nitrogens is 1. The molecule has 1 saturated heterocycles. The number of carbonyl (C=O) groups excluding carboxylic acids is 2. The van der Waals surface area contributed by atoms with Crippen molar-refractivity contribution in [1.82, 2.24) is 4.98 Å². The van der Waals surface area contributed by atoms with Crippen LogP contribution in [0.3, 0.4) is 0 Å². The van der Waals surface area contributed by atoms with Gasteiger partial charge in [0.1, 0.15) is 11.5 Å². The molecular formula is C19H25FN3O3+. The molecule has 26 heavy (non-hydrogen) atoms. The number of nitrogens with one attached hydrogen (secondary N) is 3. The first kappa shape index (κ1) is 18.4. The topological polar surface area (TPSA) is 75.6 Å². The zero-order valence-corrected chi connectivity index (χ0v) is 15.2. The molecule has 1 aromatic heterocycles. The summed E-state index contributed by atoms with van der Waals surface area (Å²) < 4.78 is 18.7. The highest BCUT2D eigenvalue weighted by atomic mass is 19.1. The fraction of sp³-hybridized carbons (Fsp3) is 0.474. The molecule has 1 fully saturated rings. The Hall–Kier alpha value is -2.41. The summed E-state index contributed by atoms with van der Waals surface area (Å²) >= 11 is 0. The summed E-state index contributed by atoms with van der Waals surface area (Å²) in [6.45, 7) is 6.40. The van der Waals surface area contributed by atoms with E-state index in [0.29, 0.717) is 23.4 Å². The molecule has 1 aromatic carbocycles. The van der Waals surface area contributed by atoms with Crippen molar-refractivity contribution < 1.29 is 23.6 Å². The minimum absolute atomic E-state index is 0.142. The van der Waals surface area contributed by atoms with Gasteiger partial charge < -0.3 is 19.9 Å². The number of likely N-dealkylation sites (tertiary alicyclic amines) is 1. The highest BCUT2D eigenvalue weighted by molar-refractivity contribution is 6.11. The van der Waals surface area contributed by atoms with Gasteiger partial charge in [0.2, 0.25) is 0 Å². The summed E-state index contributed by atoms with van der Waals surface area (Å²) in [7, 11) is 0. The Morgan fingerprint density at radius 2 is 2.08 bits per heavy atom. The molecule has 6 nitrogen and oxygen atoms in total. The van der Waals surface area contributed by atoms with Gasteiger partial charge in [0.05, 0.1) is 25.4 Å². The Morgan fingerprint density at radius 3 is 2.77 bits per heavy atom. The highest BCUT2D eigenvalue weighted by Gasteiger charge is 2.25. The Kier molecular flexibility index (Phi) is 5.56. The molecule has 7 heteroatoms. The summed E-state index contributed by atoms with van der Waals surface area (Å²) in [5.41, 5.74) is 1.000. The number of anilines is 1. The summed E-state index contributed by atoms with van der Waals surface area (Å²) in [4.78, 5) is 28.9. The normalized spacial score (nSPS) is 20.1. The van der Waals surface area contributed by atoms with Gasteiger partial charge in [0.25, 0.3) is 5.91 Å². The van der Waals surface area contributed by atoms with E-state index in [1.165, 1.54) is 17.0 Å². The molecule has 1 aliphatic heterocycles. The van der Waals surface area contributed by atoms with Crippen LogP contribution in [0, 0.1) is 11.7 Å². The smallest absolute Gasteiger partial charge is 0.356 e. The van der Waals surface area contributed by atoms with Gasteiger partial charge in [0, 0.05) is 10.9 Å². The predicted molar refractivity (Wildman–Crippen MR) is 96.8 cm³/mol. The van der Waals surface area contributed by atoms with Crippen LogP contribution in [-0.2, 0) is 9.53 Å². The minimum Gasteiger partial charge on any atom is -0.461 e. The van der Waals surface area contributed by atoms with Crippen molar-refractivity contribution in [1.29, 1.82) is 0 Å².